The highest BCUT2D eigenvalue weighted by atomic mass is 79.9. The molecule has 1 aliphatic rings. The van der Waals surface area contributed by atoms with E-state index in [0.717, 1.165) is 28.2 Å². The number of ether oxygens (including phenoxy) is 1. The molecule has 0 radical (unpaired) electrons. The first-order chi connectivity index (χ1) is 13.4. The molecule has 0 saturated carbocycles. The molecule has 28 heavy (non-hydrogen) atoms. The van der Waals surface area contributed by atoms with Crippen molar-refractivity contribution in [3.8, 4) is 5.75 Å². The van der Waals surface area contributed by atoms with Crippen molar-refractivity contribution in [2.75, 3.05) is 6.54 Å². The molecule has 2 aromatic carbocycles. The van der Waals surface area contributed by atoms with Crippen LogP contribution in [0.15, 0.2) is 45.8 Å². The lowest BCUT2D eigenvalue weighted by molar-refractivity contribution is -0.122. The Morgan fingerprint density at radius 2 is 1.96 bits per heavy atom. The van der Waals surface area contributed by atoms with Gasteiger partial charge >= 0.3 is 0 Å². The molecule has 1 heterocycles. The summed E-state index contributed by atoms with van der Waals surface area (Å²) >= 11 is 16.5. The van der Waals surface area contributed by atoms with E-state index in [1.807, 2.05) is 19.1 Å². The summed E-state index contributed by atoms with van der Waals surface area (Å²) in [7, 11) is 0. The molecule has 3 rings (SSSR count). The van der Waals surface area contributed by atoms with E-state index in [-0.39, 0.29) is 17.8 Å². The van der Waals surface area contributed by atoms with Crippen molar-refractivity contribution < 1.29 is 14.3 Å². The van der Waals surface area contributed by atoms with Gasteiger partial charge in [0.15, 0.2) is 0 Å². The third kappa shape index (κ3) is 4.92. The minimum atomic E-state index is -0.275. The smallest absolute Gasteiger partial charge is 0.293 e. The first kappa shape index (κ1) is 21.2. The van der Waals surface area contributed by atoms with Crippen molar-refractivity contribution >= 4 is 68.1 Å². The fraction of sp³-hybridized carbons (Fsp3) is 0.200. The monoisotopic (exact) mass is 499 g/mol. The van der Waals surface area contributed by atoms with Crippen molar-refractivity contribution in [3.63, 3.8) is 0 Å². The lowest BCUT2D eigenvalue weighted by Crippen LogP contribution is -2.28. The molecule has 146 valence electrons. The fourth-order valence-electron chi connectivity index (χ4n) is 2.62. The zero-order valence-electron chi connectivity index (χ0n) is 14.9. The van der Waals surface area contributed by atoms with Crippen molar-refractivity contribution in [2.45, 2.75) is 20.0 Å². The van der Waals surface area contributed by atoms with Crippen LogP contribution in [-0.2, 0) is 11.4 Å². The van der Waals surface area contributed by atoms with Gasteiger partial charge < -0.3 is 4.74 Å². The van der Waals surface area contributed by atoms with Crippen LogP contribution < -0.4 is 4.74 Å². The third-order valence-electron chi connectivity index (χ3n) is 3.98. The molecule has 2 amide bonds. The average Bonchev–Trinajstić information content (AvgIpc) is 2.90. The molecule has 1 saturated heterocycles. The Kier molecular flexibility index (Phi) is 7.10. The molecule has 8 heteroatoms. The van der Waals surface area contributed by atoms with Gasteiger partial charge in [-0.05, 0) is 54.6 Å². The average molecular weight is 501 g/mol. The number of hydrogen-bond donors (Lipinski definition) is 0. The van der Waals surface area contributed by atoms with Crippen LogP contribution in [-0.4, -0.2) is 22.6 Å². The number of amides is 2. The van der Waals surface area contributed by atoms with Crippen LogP contribution in [0, 0.1) is 0 Å². The van der Waals surface area contributed by atoms with E-state index in [4.69, 9.17) is 27.9 Å². The number of halogens is 3. The Balaban J connectivity index is 1.85. The molecule has 4 nitrogen and oxygen atoms in total. The van der Waals surface area contributed by atoms with Crippen LogP contribution in [0.25, 0.3) is 6.08 Å². The molecule has 0 unspecified atom stereocenters. The summed E-state index contributed by atoms with van der Waals surface area (Å²) in [6.45, 7) is 2.59. The number of hydrogen-bond acceptors (Lipinski definition) is 4. The predicted octanol–water partition coefficient (Wildman–Crippen LogP) is 6.78. The lowest BCUT2D eigenvalue weighted by Gasteiger charge is -2.12. The van der Waals surface area contributed by atoms with Crippen molar-refractivity contribution in [1.82, 2.24) is 4.90 Å². The number of rotatable bonds is 6. The van der Waals surface area contributed by atoms with Crippen LogP contribution in [0.5, 0.6) is 5.75 Å². The largest absolute Gasteiger partial charge is 0.488 e. The Morgan fingerprint density at radius 3 is 2.68 bits per heavy atom. The summed E-state index contributed by atoms with van der Waals surface area (Å²) in [6, 6.07) is 10.7. The second-order valence-electron chi connectivity index (χ2n) is 6.04. The molecule has 1 aliphatic heterocycles. The number of nitrogens with zero attached hydrogens (tertiary/aromatic N) is 1. The van der Waals surface area contributed by atoms with Gasteiger partial charge in [0.25, 0.3) is 11.1 Å². The Hall–Kier alpha value is -1.47. The van der Waals surface area contributed by atoms with Crippen LogP contribution in [0.4, 0.5) is 4.79 Å². The van der Waals surface area contributed by atoms with Crippen molar-refractivity contribution in [2.24, 2.45) is 0 Å². The van der Waals surface area contributed by atoms with E-state index in [2.05, 4.69) is 15.9 Å². The lowest BCUT2D eigenvalue weighted by atomic mass is 10.1. The van der Waals surface area contributed by atoms with Crippen molar-refractivity contribution in [3.05, 3.63) is 66.9 Å². The van der Waals surface area contributed by atoms with Gasteiger partial charge in [-0.3, -0.25) is 14.5 Å². The van der Waals surface area contributed by atoms with Gasteiger partial charge in [-0.15, -0.1) is 0 Å². The van der Waals surface area contributed by atoms with E-state index < -0.39 is 0 Å². The van der Waals surface area contributed by atoms with Gasteiger partial charge in [0.05, 0.1) is 4.91 Å². The number of imide groups is 1. The van der Waals surface area contributed by atoms with Crippen LogP contribution >= 0.6 is 50.9 Å². The van der Waals surface area contributed by atoms with Gasteiger partial charge in [-0.25, -0.2) is 0 Å². The van der Waals surface area contributed by atoms with E-state index >= 15 is 0 Å². The molecule has 0 bridgehead atoms. The Morgan fingerprint density at radius 1 is 1.18 bits per heavy atom. The molecule has 0 N–H and O–H groups in total. The standard InChI is InChI=1S/C20H16BrCl2NO3S/c1-2-7-24-19(25)18(28-20(24)26)9-13-8-14(21)4-6-17(13)27-11-12-3-5-15(22)10-16(12)23/h3-6,8-10H,2,7,11H2,1H3/b18-9+. The minimum Gasteiger partial charge on any atom is -0.488 e. The highest BCUT2D eigenvalue weighted by Gasteiger charge is 2.34. The Labute approximate surface area is 186 Å². The van der Waals surface area contributed by atoms with E-state index in [9.17, 15) is 9.59 Å². The zero-order chi connectivity index (χ0) is 20.3. The maximum absolute atomic E-state index is 12.5. The topological polar surface area (TPSA) is 46.6 Å². The summed E-state index contributed by atoms with van der Waals surface area (Å²) in [5.41, 5.74) is 1.49. The maximum Gasteiger partial charge on any atom is 0.293 e. The highest BCUT2D eigenvalue weighted by molar-refractivity contribution is 9.10. The normalized spacial score (nSPS) is 15.6. The van der Waals surface area contributed by atoms with Gasteiger partial charge in [0.2, 0.25) is 0 Å². The van der Waals surface area contributed by atoms with E-state index in [1.165, 1.54) is 4.90 Å². The first-order valence-electron chi connectivity index (χ1n) is 8.50. The molecule has 0 aromatic heterocycles. The van der Waals surface area contributed by atoms with E-state index in [1.54, 1.807) is 30.3 Å². The maximum atomic E-state index is 12.5. The van der Waals surface area contributed by atoms with Crippen molar-refractivity contribution in [1.29, 1.82) is 0 Å². The quantitative estimate of drug-likeness (QED) is 0.410. The zero-order valence-corrected chi connectivity index (χ0v) is 18.8. The summed E-state index contributed by atoms with van der Waals surface area (Å²) in [4.78, 5) is 26.2. The second kappa shape index (κ2) is 9.35. The number of thioether (sulfide) groups is 1. The minimum absolute atomic E-state index is 0.246. The van der Waals surface area contributed by atoms with Crippen LogP contribution in [0.2, 0.25) is 10.0 Å². The number of carbonyl (C=O) groups excluding carboxylic acids is 2. The molecule has 2 aromatic rings. The molecule has 1 fully saturated rings. The summed E-state index contributed by atoms with van der Waals surface area (Å²) in [5.74, 6) is 0.306. The fourth-order valence-corrected chi connectivity index (χ4v) is 4.31. The van der Waals surface area contributed by atoms with Gasteiger partial charge in [-0.2, -0.15) is 0 Å². The molecule has 0 spiro atoms. The summed E-state index contributed by atoms with van der Waals surface area (Å²) < 4.78 is 6.77. The highest BCUT2D eigenvalue weighted by Crippen LogP contribution is 2.35. The summed E-state index contributed by atoms with van der Waals surface area (Å²) in [5, 5.41) is 0.830. The molecular formula is C20H16BrCl2NO3S. The molecule has 0 atom stereocenters. The van der Waals surface area contributed by atoms with Crippen LogP contribution in [0.1, 0.15) is 24.5 Å². The van der Waals surface area contributed by atoms with Gasteiger partial charge in [-0.1, -0.05) is 52.1 Å². The number of benzene rings is 2. The van der Waals surface area contributed by atoms with Gasteiger partial charge in [0.1, 0.15) is 12.4 Å². The first-order valence-corrected chi connectivity index (χ1v) is 10.9. The van der Waals surface area contributed by atoms with E-state index in [0.29, 0.717) is 32.8 Å². The predicted molar refractivity (Wildman–Crippen MR) is 118 cm³/mol. The number of carbonyl (C=O) groups is 2. The summed E-state index contributed by atoms with van der Waals surface area (Å²) in [6.07, 6.45) is 2.41. The Bertz CT molecular complexity index is 964. The second-order valence-corrected chi connectivity index (χ2v) is 8.79. The molecular weight excluding hydrogens is 485 g/mol. The third-order valence-corrected chi connectivity index (χ3v) is 5.97. The molecule has 0 aliphatic carbocycles. The van der Waals surface area contributed by atoms with Crippen LogP contribution in [0.3, 0.4) is 0 Å². The SMILES string of the molecule is CCCN1C(=O)S/C(=C/c2cc(Br)ccc2OCc2ccc(Cl)cc2Cl)C1=O. The van der Waals surface area contributed by atoms with Gasteiger partial charge in [0, 0.05) is 32.2 Å².